The largest absolute Gasteiger partial charge is 0.464 e. The lowest BCUT2D eigenvalue weighted by Crippen LogP contribution is -2.22. The van der Waals surface area contributed by atoms with E-state index in [0.29, 0.717) is 19.1 Å². The van der Waals surface area contributed by atoms with Crippen molar-refractivity contribution in [1.82, 2.24) is 0 Å². The van der Waals surface area contributed by atoms with E-state index in [4.69, 9.17) is 9.47 Å². The fraction of sp³-hybridized carbons (Fsp3) is 0.611. The van der Waals surface area contributed by atoms with Crippen molar-refractivity contribution in [3.63, 3.8) is 0 Å². The van der Waals surface area contributed by atoms with Crippen molar-refractivity contribution >= 4 is 5.97 Å². The van der Waals surface area contributed by atoms with E-state index in [9.17, 15) is 4.79 Å². The Morgan fingerprint density at radius 1 is 1.14 bits per heavy atom. The van der Waals surface area contributed by atoms with E-state index in [0.717, 1.165) is 18.4 Å². The standard InChI is InChI=1S/C18H28O3/c1-4-7-11-15(5-2)14-21-17(18(19)20-6-3)16-12-9-8-10-13-16/h8-10,12-13,15,17H,4-7,11,14H2,1-3H3. The van der Waals surface area contributed by atoms with Crippen LogP contribution < -0.4 is 0 Å². The number of ether oxygens (including phenoxy) is 2. The van der Waals surface area contributed by atoms with Gasteiger partial charge in [-0.15, -0.1) is 0 Å². The summed E-state index contributed by atoms with van der Waals surface area (Å²) in [5.74, 6) is 0.208. The summed E-state index contributed by atoms with van der Waals surface area (Å²) in [7, 11) is 0. The summed E-state index contributed by atoms with van der Waals surface area (Å²) in [5, 5.41) is 0. The average Bonchev–Trinajstić information content (AvgIpc) is 2.52. The second-order valence-electron chi connectivity index (χ2n) is 5.29. The second-order valence-corrected chi connectivity index (χ2v) is 5.29. The van der Waals surface area contributed by atoms with Gasteiger partial charge in [0.2, 0.25) is 0 Å². The van der Waals surface area contributed by atoms with Crippen molar-refractivity contribution in [3.8, 4) is 0 Å². The lowest BCUT2D eigenvalue weighted by molar-refractivity contribution is -0.158. The van der Waals surface area contributed by atoms with Gasteiger partial charge in [0.05, 0.1) is 13.2 Å². The molecule has 0 N–H and O–H groups in total. The number of benzene rings is 1. The Balaban J connectivity index is 2.67. The van der Waals surface area contributed by atoms with Crippen LogP contribution >= 0.6 is 0 Å². The van der Waals surface area contributed by atoms with E-state index in [-0.39, 0.29) is 5.97 Å². The highest BCUT2D eigenvalue weighted by molar-refractivity contribution is 5.76. The lowest BCUT2D eigenvalue weighted by Gasteiger charge is -2.21. The number of rotatable bonds is 10. The number of carbonyl (C=O) groups is 1. The van der Waals surface area contributed by atoms with Crippen molar-refractivity contribution in [2.75, 3.05) is 13.2 Å². The minimum absolute atomic E-state index is 0.297. The van der Waals surface area contributed by atoms with Crippen molar-refractivity contribution in [2.45, 2.75) is 52.6 Å². The Morgan fingerprint density at radius 2 is 1.86 bits per heavy atom. The van der Waals surface area contributed by atoms with Crippen LogP contribution in [0.4, 0.5) is 0 Å². The van der Waals surface area contributed by atoms with Crippen LogP contribution in [0.2, 0.25) is 0 Å². The first kappa shape index (κ1) is 17.7. The molecule has 0 amide bonds. The molecule has 2 unspecified atom stereocenters. The first-order valence-corrected chi connectivity index (χ1v) is 8.06. The van der Waals surface area contributed by atoms with Gasteiger partial charge >= 0.3 is 5.97 Å². The highest BCUT2D eigenvalue weighted by atomic mass is 16.6. The molecule has 21 heavy (non-hydrogen) atoms. The van der Waals surface area contributed by atoms with Crippen LogP contribution in [0, 0.1) is 5.92 Å². The first-order valence-electron chi connectivity index (χ1n) is 8.06. The number of esters is 1. The summed E-state index contributed by atoms with van der Waals surface area (Å²) in [4.78, 5) is 12.1. The van der Waals surface area contributed by atoms with Gasteiger partial charge < -0.3 is 9.47 Å². The minimum Gasteiger partial charge on any atom is -0.464 e. The smallest absolute Gasteiger partial charge is 0.339 e. The van der Waals surface area contributed by atoms with E-state index < -0.39 is 6.10 Å². The van der Waals surface area contributed by atoms with E-state index in [2.05, 4.69) is 13.8 Å². The van der Waals surface area contributed by atoms with Gasteiger partial charge in [0.25, 0.3) is 0 Å². The van der Waals surface area contributed by atoms with Gasteiger partial charge in [0.15, 0.2) is 6.10 Å². The first-order chi connectivity index (χ1) is 10.2. The Kier molecular flexibility index (Phi) is 8.76. The normalized spacial score (nSPS) is 13.7. The van der Waals surface area contributed by atoms with Crippen LogP contribution in [0.5, 0.6) is 0 Å². The molecular weight excluding hydrogens is 264 g/mol. The maximum absolute atomic E-state index is 12.1. The van der Waals surface area contributed by atoms with E-state index >= 15 is 0 Å². The molecule has 1 aromatic carbocycles. The molecule has 1 rings (SSSR count). The summed E-state index contributed by atoms with van der Waals surface area (Å²) < 4.78 is 11.1. The molecule has 0 aliphatic carbocycles. The summed E-state index contributed by atoms with van der Waals surface area (Å²) in [6, 6.07) is 9.59. The zero-order chi connectivity index (χ0) is 15.5. The molecule has 1 aromatic rings. The molecule has 0 bridgehead atoms. The molecule has 0 aliphatic heterocycles. The van der Waals surface area contributed by atoms with Crippen LogP contribution in [0.15, 0.2) is 30.3 Å². The molecule has 3 heteroatoms. The fourth-order valence-corrected chi connectivity index (χ4v) is 2.28. The van der Waals surface area contributed by atoms with E-state index in [1.165, 1.54) is 12.8 Å². The van der Waals surface area contributed by atoms with Crippen LogP contribution in [-0.4, -0.2) is 19.2 Å². The maximum Gasteiger partial charge on any atom is 0.339 e. The molecule has 0 fully saturated rings. The lowest BCUT2D eigenvalue weighted by atomic mass is 10.0. The zero-order valence-corrected chi connectivity index (χ0v) is 13.5. The number of hydrogen-bond donors (Lipinski definition) is 0. The van der Waals surface area contributed by atoms with Crippen LogP contribution in [0.25, 0.3) is 0 Å². The van der Waals surface area contributed by atoms with Crippen LogP contribution in [-0.2, 0) is 14.3 Å². The molecule has 0 saturated heterocycles. The maximum atomic E-state index is 12.1. The van der Waals surface area contributed by atoms with Gasteiger partial charge in [-0.2, -0.15) is 0 Å². The summed E-state index contributed by atoms with van der Waals surface area (Å²) in [6.07, 6.45) is 4.01. The topological polar surface area (TPSA) is 35.5 Å². The molecule has 0 heterocycles. The quantitative estimate of drug-likeness (QED) is 0.595. The molecule has 3 nitrogen and oxygen atoms in total. The fourth-order valence-electron chi connectivity index (χ4n) is 2.28. The minimum atomic E-state index is -0.609. The third kappa shape index (κ3) is 6.30. The zero-order valence-electron chi connectivity index (χ0n) is 13.5. The van der Waals surface area contributed by atoms with Gasteiger partial charge in [0.1, 0.15) is 0 Å². The molecule has 0 radical (unpaired) electrons. The SMILES string of the molecule is CCCCC(CC)COC(C(=O)OCC)c1ccccc1. The Labute approximate surface area is 128 Å². The van der Waals surface area contributed by atoms with Crippen molar-refractivity contribution in [2.24, 2.45) is 5.92 Å². The summed E-state index contributed by atoms with van der Waals surface area (Å²) in [5.41, 5.74) is 0.862. The predicted molar refractivity (Wildman–Crippen MR) is 85.1 cm³/mol. The van der Waals surface area contributed by atoms with Gasteiger partial charge in [-0.05, 0) is 24.8 Å². The van der Waals surface area contributed by atoms with E-state index in [1.807, 2.05) is 37.3 Å². The van der Waals surface area contributed by atoms with Crippen molar-refractivity contribution in [3.05, 3.63) is 35.9 Å². The number of carbonyl (C=O) groups excluding carboxylic acids is 1. The molecule has 0 spiro atoms. The van der Waals surface area contributed by atoms with Gasteiger partial charge in [-0.25, -0.2) is 4.79 Å². The third-order valence-corrected chi connectivity index (χ3v) is 3.64. The molecule has 0 aliphatic rings. The molecule has 0 aromatic heterocycles. The Hall–Kier alpha value is -1.35. The Bertz CT molecular complexity index is 389. The van der Waals surface area contributed by atoms with Crippen molar-refractivity contribution < 1.29 is 14.3 Å². The molecule has 118 valence electrons. The van der Waals surface area contributed by atoms with Gasteiger partial charge in [-0.3, -0.25) is 0 Å². The van der Waals surface area contributed by atoms with Crippen LogP contribution in [0.3, 0.4) is 0 Å². The predicted octanol–water partition coefficient (Wildman–Crippen LogP) is 4.52. The highest BCUT2D eigenvalue weighted by Crippen LogP contribution is 2.22. The van der Waals surface area contributed by atoms with Crippen molar-refractivity contribution in [1.29, 1.82) is 0 Å². The number of hydrogen-bond acceptors (Lipinski definition) is 3. The summed E-state index contributed by atoms with van der Waals surface area (Å²) >= 11 is 0. The molecule has 2 atom stereocenters. The van der Waals surface area contributed by atoms with Crippen LogP contribution in [0.1, 0.15) is 58.1 Å². The second kappa shape index (κ2) is 10.4. The van der Waals surface area contributed by atoms with E-state index in [1.54, 1.807) is 0 Å². The third-order valence-electron chi connectivity index (χ3n) is 3.64. The van der Waals surface area contributed by atoms with Gasteiger partial charge in [-0.1, -0.05) is 63.4 Å². The van der Waals surface area contributed by atoms with Gasteiger partial charge in [0, 0.05) is 0 Å². The summed E-state index contributed by atoms with van der Waals surface area (Å²) in [6.45, 7) is 7.16. The molecular formula is C18H28O3. The monoisotopic (exact) mass is 292 g/mol. The highest BCUT2D eigenvalue weighted by Gasteiger charge is 2.23. The average molecular weight is 292 g/mol. The Morgan fingerprint density at radius 3 is 2.43 bits per heavy atom. The number of unbranched alkanes of at least 4 members (excludes halogenated alkanes) is 1. The molecule has 0 saturated carbocycles.